The lowest BCUT2D eigenvalue weighted by molar-refractivity contribution is -0.112. The van der Waals surface area contributed by atoms with Crippen molar-refractivity contribution in [3.63, 3.8) is 0 Å². The molecule has 0 bridgehead atoms. The summed E-state index contributed by atoms with van der Waals surface area (Å²) < 4.78 is 17.5. The first kappa shape index (κ1) is 19.4. The molecule has 8 heteroatoms. The van der Waals surface area contributed by atoms with Crippen LogP contribution in [0.1, 0.15) is 30.6 Å². The number of nitrogens with one attached hydrogen (secondary N) is 1. The lowest BCUT2D eigenvalue weighted by atomic mass is 10.00. The van der Waals surface area contributed by atoms with E-state index in [-0.39, 0.29) is 23.7 Å². The van der Waals surface area contributed by atoms with Gasteiger partial charge in [-0.15, -0.1) is 0 Å². The van der Waals surface area contributed by atoms with Crippen molar-refractivity contribution in [2.24, 2.45) is 28.5 Å². The van der Waals surface area contributed by atoms with Crippen molar-refractivity contribution in [2.75, 3.05) is 5.32 Å². The summed E-state index contributed by atoms with van der Waals surface area (Å²) in [6.07, 6.45) is 3.02. The molecule has 1 fully saturated rings. The number of primary amides is 1. The number of fused-ring (bicyclic) bond motifs is 1. The molecule has 2 heterocycles. The van der Waals surface area contributed by atoms with Crippen molar-refractivity contribution in [1.82, 2.24) is 4.37 Å². The second kappa shape index (κ2) is 7.51. The van der Waals surface area contributed by atoms with E-state index in [1.165, 1.54) is 11.5 Å². The SMILES string of the molecule is CC(F)CC1C2=NC(C(=O)Nc3cnsc3-c3ccc(C(N)=O)cc3)=CC(C)C21. The zero-order valence-corrected chi connectivity index (χ0v) is 16.9. The Hall–Kier alpha value is -2.87. The minimum atomic E-state index is -0.877. The summed E-state index contributed by atoms with van der Waals surface area (Å²) in [5.74, 6) is -0.253. The van der Waals surface area contributed by atoms with Crippen LogP contribution < -0.4 is 11.1 Å². The monoisotopic (exact) mass is 412 g/mol. The maximum absolute atomic E-state index is 13.4. The fourth-order valence-corrected chi connectivity index (χ4v) is 4.61. The molecule has 29 heavy (non-hydrogen) atoms. The van der Waals surface area contributed by atoms with Gasteiger partial charge in [0.2, 0.25) is 5.91 Å². The van der Waals surface area contributed by atoms with Gasteiger partial charge in [-0.1, -0.05) is 19.1 Å². The number of rotatable bonds is 6. The normalized spacial score (nSPS) is 23.5. The van der Waals surface area contributed by atoms with Gasteiger partial charge in [0.15, 0.2) is 0 Å². The average molecular weight is 412 g/mol. The quantitative estimate of drug-likeness (QED) is 0.755. The number of aliphatic imine (C=N–C) groups is 1. The van der Waals surface area contributed by atoms with Gasteiger partial charge in [0.1, 0.15) is 5.70 Å². The predicted octanol–water partition coefficient (Wildman–Crippen LogP) is 3.82. The number of amides is 2. The number of halogens is 1. The second-order valence-electron chi connectivity index (χ2n) is 7.56. The van der Waals surface area contributed by atoms with E-state index in [0.717, 1.165) is 16.2 Å². The van der Waals surface area contributed by atoms with E-state index in [9.17, 15) is 14.0 Å². The van der Waals surface area contributed by atoms with E-state index in [2.05, 4.69) is 14.7 Å². The van der Waals surface area contributed by atoms with E-state index in [0.29, 0.717) is 23.4 Å². The summed E-state index contributed by atoms with van der Waals surface area (Å²) in [7, 11) is 0. The number of carbonyl (C=O) groups excluding carboxylic acids is 2. The molecule has 1 aromatic heterocycles. The van der Waals surface area contributed by atoms with Crippen molar-refractivity contribution < 1.29 is 14.0 Å². The van der Waals surface area contributed by atoms with Gasteiger partial charge in [-0.3, -0.25) is 14.6 Å². The van der Waals surface area contributed by atoms with Gasteiger partial charge in [0, 0.05) is 23.1 Å². The van der Waals surface area contributed by atoms with Gasteiger partial charge < -0.3 is 11.1 Å². The highest BCUT2D eigenvalue weighted by atomic mass is 32.1. The fraction of sp³-hybridized carbons (Fsp3) is 0.333. The summed E-state index contributed by atoms with van der Waals surface area (Å²) in [6, 6.07) is 6.81. The third-order valence-corrected chi connectivity index (χ3v) is 6.19. The van der Waals surface area contributed by atoms with Crippen LogP contribution in [0.25, 0.3) is 10.4 Å². The molecule has 4 unspecified atom stereocenters. The molecule has 150 valence electrons. The van der Waals surface area contributed by atoms with Crippen LogP contribution in [0.4, 0.5) is 10.1 Å². The Kier molecular flexibility index (Phi) is 5.04. The molecule has 3 N–H and O–H groups in total. The van der Waals surface area contributed by atoms with Crippen LogP contribution in [-0.2, 0) is 4.79 Å². The summed E-state index contributed by atoms with van der Waals surface area (Å²) in [6.45, 7) is 3.59. The zero-order valence-electron chi connectivity index (χ0n) is 16.1. The minimum absolute atomic E-state index is 0.133. The largest absolute Gasteiger partial charge is 0.366 e. The van der Waals surface area contributed by atoms with Crippen LogP contribution >= 0.6 is 11.5 Å². The lowest BCUT2D eigenvalue weighted by Gasteiger charge is -2.12. The fourth-order valence-electron chi connectivity index (χ4n) is 3.90. The molecule has 2 amide bonds. The van der Waals surface area contributed by atoms with E-state index in [4.69, 9.17) is 5.73 Å². The molecule has 1 aromatic carbocycles. The van der Waals surface area contributed by atoms with Crippen molar-refractivity contribution >= 4 is 34.7 Å². The molecule has 0 saturated heterocycles. The van der Waals surface area contributed by atoms with Gasteiger partial charge in [-0.2, -0.15) is 4.37 Å². The molecule has 1 aliphatic heterocycles. The Morgan fingerprint density at radius 2 is 2.03 bits per heavy atom. The highest BCUT2D eigenvalue weighted by Crippen LogP contribution is 2.48. The molecular weight excluding hydrogens is 391 g/mol. The van der Waals surface area contributed by atoms with Gasteiger partial charge in [0.05, 0.1) is 22.9 Å². The van der Waals surface area contributed by atoms with Crippen molar-refractivity contribution in [2.45, 2.75) is 26.4 Å². The predicted molar refractivity (Wildman–Crippen MR) is 112 cm³/mol. The number of allylic oxidation sites excluding steroid dienone is 1. The van der Waals surface area contributed by atoms with Crippen LogP contribution in [0.2, 0.25) is 0 Å². The van der Waals surface area contributed by atoms with Crippen LogP contribution in [0.15, 0.2) is 47.2 Å². The first-order valence-electron chi connectivity index (χ1n) is 9.45. The molecule has 1 aliphatic carbocycles. The van der Waals surface area contributed by atoms with Crippen molar-refractivity contribution in [1.29, 1.82) is 0 Å². The average Bonchev–Trinajstić information content (AvgIpc) is 3.16. The van der Waals surface area contributed by atoms with Gasteiger partial charge in [-0.25, -0.2) is 4.39 Å². The van der Waals surface area contributed by atoms with Gasteiger partial charge in [0.25, 0.3) is 5.91 Å². The summed E-state index contributed by atoms with van der Waals surface area (Å²) in [5.41, 5.74) is 8.38. The standard InChI is InChI=1S/C21H21FN4O2S/c1-10-7-15(25-18-14(17(10)18)8-11(2)22)21(28)26-16-9-24-29-19(16)12-3-5-13(6-4-12)20(23)27/h3-7,9-11,14,17H,8H2,1-2H3,(H2,23,27)(H,26,28). The second-order valence-corrected chi connectivity index (χ2v) is 8.36. The maximum Gasteiger partial charge on any atom is 0.274 e. The number of benzene rings is 1. The lowest BCUT2D eigenvalue weighted by Crippen LogP contribution is -2.16. The summed E-state index contributed by atoms with van der Waals surface area (Å²) >= 11 is 1.24. The van der Waals surface area contributed by atoms with Crippen LogP contribution in [0.3, 0.4) is 0 Å². The minimum Gasteiger partial charge on any atom is -0.366 e. The Morgan fingerprint density at radius 3 is 2.69 bits per heavy atom. The molecule has 0 spiro atoms. The Bertz CT molecular complexity index is 1030. The van der Waals surface area contributed by atoms with Crippen molar-refractivity contribution in [3.05, 3.63) is 47.8 Å². The number of carbonyl (C=O) groups is 2. The van der Waals surface area contributed by atoms with Crippen molar-refractivity contribution in [3.8, 4) is 10.4 Å². The molecule has 2 aromatic rings. The number of hydrogen-bond donors (Lipinski definition) is 2. The molecule has 0 radical (unpaired) electrons. The van der Waals surface area contributed by atoms with E-state index < -0.39 is 12.1 Å². The summed E-state index contributed by atoms with van der Waals surface area (Å²) in [4.78, 5) is 29.3. The highest BCUT2D eigenvalue weighted by Gasteiger charge is 2.51. The molecule has 2 aliphatic rings. The number of anilines is 1. The van der Waals surface area contributed by atoms with Crippen LogP contribution in [0.5, 0.6) is 0 Å². The zero-order chi connectivity index (χ0) is 20.7. The molecule has 1 saturated carbocycles. The Balaban J connectivity index is 1.50. The van der Waals surface area contributed by atoms with Gasteiger partial charge >= 0.3 is 0 Å². The number of hydrogen-bond acceptors (Lipinski definition) is 5. The Labute approximate surface area is 171 Å². The first-order valence-corrected chi connectivity index (χ1v) is 10.2. The van der Waals surface area contributed by atoms with Crippen LogP contribution in [-0.4, -0.2) is 28.1 Å². The third-order valence-electron chi connectivity index (χ3n) is 5.34. The highest BCUT2D eigenvalue weighted by molar-refractivity contribution is 7.10. The molecule has 6 nitrogen and oxygen atoms in total. The topological polar surface area (TPSA) is 97.4 Å². The Morgan fingerprint density at radius 1 is 1.31 bits per heavy atom. The number of alkyl halides is 1. The molecule has 4 rings (SSSR count). The molecule has 4 atom stereocenters. The maximum atomic E-state index is 13.4. The summed E-state index contributed by atoms with van der Waals surface area (Å²) in [5, 5.41) is 2.88. The van der Waals surface area contributed by atoms with E-state index in [1.807, 2.05) is 13.0 Å². The smallest absolute Gasteiger partial charge is 0.274 e. The number of nitrogens with zero attached hydrogens (tertiary/aromatic N) is 2. The van der Waals surface area contributed by atoms with E-state index >= 15 is 0 Å². The molecular formula is C21H21FN4O2S. The first-order chi connectivity index (χ1) is 13.8. The van der Waals surface area contributed by atoms with E-state index in [1.54, 1.807) is 37.4 Å². The van der Waals surface area contributed by atoms with Gasteiger partial charge in [-0.05, 0) is 54.6 Å². The number of aromatic nitrogens is 1. The van der Waals surface area contributed by atoms with Crippen LogP contribution in [0, 0.1) is 17.8 Å². The number of nitrogens with two attached hydrogens (primary N) is 1. The third kappa shape index (κ3) is 3.85.